The molecule has 2 aromatic carbocycles. The third kappa shape index (κ3) is 6.52. The van der Waals surface area contributed by atoms with Crippen LogP contribution in [-0.4, -0.2) is 45.8 Å². The highest BCUT2D eigenvalue weighted by Gasteiger charge is 2.43. The number of amides is 1. The average Bonchev–Trinajstić information content (AvgIpc) is 3.09. The standard InChI is InChI=1S/C33H43ClN2O4S/c1-5-7-23-16-27(34)11-12-28(23)26-19-36-18-25-9-13-29(25)33(4,38)15-6-8-21(2)22(3)41(39)35-32(37)24-10-14-31(40-20-26)30(36)17-24/h6,10-12,14-17,21-22,25-26,29,38H,5,7-9,13,18-20H2,1-4H3,(H,35,37)/b15-6+/t21?,22?,25?,26?,29?,33-,41?/m0/s1. The van der Waals surface area contributed by atoms with Gasteiger partial charge >= 0.3 is 0 Å². The molecule has 2 bridgehead atoms. The van der Waals surface area contributed by atoms with E-state index in [0.29, 0.717) is 24.5 Å². The Bertz CT molecular complexity index is 1330. The van der Waals surface area contributed by atoms with Gasteiger partial charge in [-0.1, -0.05) is 50.1 Å². The summed E-state index contributed by atoms with van der Waals surface area (Å²) in [4.78, 5) is 15.6. The number of fused-ring (bicyclic) bond motifs is 2. The molecule has 2 heterocycles. The molecule has 8 heteroatoms. The SMILES string of the molecule is CCCc1cc(Cl)ccc1C1COc2ccc3cc2N(C1)CC1CCC1[C@@](C)(O)/C=C/CC(C)C(C)S(=O)NC3=O. The van der Waals surface area contributed by atoms with Crippen LogP contribution >= 0.6 is 11.6 Å². The number of ether oxygens (including phenoxy) is 1. The van der Waals surface area contributed by atoms with Crippen LogP contribution in [0.1, 0.15) is 80.8 Å². The van der Waals surface area contributed by atoms with Crippen LogP contribution in [0.4, 0.5) is 5.69 Å². The number of nitrogens with one attached hydrogen (secondary N) is 1. The zero-order valence-corrected chi connectivity index (χ0v) is 26.1. The summed E-state index contributed by atoms with van der Waals surface area (Å²) in [6, 6.07) is 11.7. The highest BCUT2D eigenvalue weighted by molar-refractivity contribution is 7.84. The van der Waals surface area contributed by atoms with Gasteiger partial charge in [-0.2, -0.15) is 0 Å². The van der Waals surface area contributed by atoms with Crippen molar-refractivity contribution < 1.29 is 18.8 Å². The maximum atomic E-state index is 13.3. The van der Waals surface area contributed by atoms with Crippen molar-refractivity contribution >= 4 is 34.2 Å². The number of anilines is 1. The lowest BCUT2D eigenvalue weighted by Gasteiger charge is -2.47. The van der Waals surface area contributed by atoms with Gasteiger partial charge in [0.15, 0.2) is 0 Å². The molecule has 41 heavy (non-hydrogen) atoms. The third-order valence-corrected chi connectivity index (χ3v) is 11.2. The van der Waals surface area contributed by atoms with Crippen LogP contribution < -0.4 is 14.4 Å². The fourth-order valence-corrected chi connectivity index (χ4v) is 7.80. The van der Waals surface area contributed by atoms with Crippen LogP contribution in [-0.2, 0) is 17.4 Å². The smallest absolute Gasteiger partial charge is 0.263 e. The van der Waals surface area contributed by atoms with Gasteiger partial charge in [-0.25, -0.2) is 4.21 Å². The maximum absolute atomic E-state index is 13.3. The number of benzene rings is 2. The van der Waals surface area contributed by atoms with Gasteiger partial charge in [-0.3, -0.25) is 9.52 Å². The summed E-state index contributed by atoms with van der Waals surface area (Å²) >= 11 is 6.39. The first-order valence-corrected chi connectivity index (χ1v) is 16.6. The van der Waals surface area contributed by atoms with E-state index in [1.165, 1.54) is 11.1 Å². The lowest BCUT2D eigenvalue weighted by molar-refractivity contribution is -0.0312. The van der Waals surface area contributed by atoms with Gasteiger partial charge in [0.1, 0.15) is 16.7 Å². The zero-order valence-electron chi connectivity index (χ0n) is 24.6. The van der Waals surface area contributed by atoms with E-state index < -0.39 is 16.6 Å². The molecule has 3 aliphatic rings. The van der Waals surface area contributed by atoms with Gasteiger partial charge in [-0.05, 0) is 98.7 Å². The predicted octanol–water partition coefficient (Wildman–Crippen LogP) is 6.43. The van der Waals surface area contributed by atoms with Crippen molar-refractivity contribution in [2.75, 3.05) is 24.6 Å². The average molecular weight is 599 g/mol. The van der Waals surface area contributed by atoms with Crippen molar-refractivity contribution in [2.45, 2.75) is 76.6 Å². The first-order chi connectivity index (χ1) is 19.6. The summed E-state index contributed by atoms with van der Waals surface area (Å²) in [6.45, 7) is 10.0. The van der Waals surface area contributed by atoms with Crippen molar-refractivity contribution in [1.82, 2.24) is 4.72 Å². The molecule has 7 atom stereocenters. The Kier molecular flexibility index (Phi) is 9.17. The molecule has 6 nitrogen and oxygen atoms in total. The summed E-state index contributed by atoms with van der Waals surface area (Å²) < 4.78 is 22.2. The maximum Gasteiger partial charge on any atom is 0.263 e. The molecule has 1 fully saturated rings. The minimum absolute atomic E-state index is 0.0756. The van der Waals surface area contributed by atoms with Crippen molar-refractivity contribution in [3.05, 3.63) is 70.3 Å². The minimum Gasteiger partial charge on any atom is -0.491 e. The number of nitrogens with zero attached hydrogens (tertiary/aromatic N) is 1. The largest absolute Gasteiger partial charge is 0.491 e. The van der Waals surface area contributed by atoms with E-state index in [9.17, 15) is 14.1 Å². The van der Waals surface area contributed by atoms with Crippen LogP contribution in [0, 0.1) is 17.8 Å². The Morgan fingerprint density at radius 1 is 1.17 bits per heavy atom. The molecule has 1 saturated carbocycles. The molecule has 5 rings (SSSR count). The molecule has 2 aliphatic heterocycles. The molecule has 2 aromatic rings. The summed E-state index contributed by atoms with van der Waals surface area (Å²) in [5.41, 5.74) is 2.90. The molecule has 222 valence electrons. The van der Waals surface area contributed by atoms with Crippen molar-refractivity contribution in [2.24, 2.45) is 17.8 Å². The number of carbonyl (C=O) groups is 1. The fourth-order valence-electron chi connectivity index (χ4n) is 6.59. The molecule has 1 aliphatic carbocycles. The summed E-state index contributed by atoms with van der Waals surface area (Å²) in [5, 5.41) is 12.0. The Hall–Kier alpha value is -2.35. The minimum atomic E-state index is -1.54. The number of aryl methyl sites for hydroxylation is 1. The molecule has 6 unspecified atom stereocenters. The summed E-state index contributed by atoms with van der Waals surface area (Å²) in [7, 11) is -1.54. The van der Waals surface area contributed by atoms with Gasteiger partial charge in [0.2, 0.25) is 0 Å². The number of rotatable bonds is 3. The van der Waals surface area contributed by atoms with Crippen molar-refractivity contribution in [1.29, 1.82) is 0 Å². The molecule has 2 N–H and O–H groups in total. The number of carbonyl (C=O) groups excluding carboxylic acids is 1. The molecular formula is C33H43ClN2O4S. The molecule has 0 spiro atoms. The van der Waals surface area contributed by atoms with E-state index in [2.05, 4.69) is 28.7 Å². The van der Waals surface area contributed by atoms with E-state index in [4.69, 9.17) is 16.3 Å². The normalized spacial score (nSPS) is 33.0. The Labute approximate surface area is 252 Å². The van der Waals surface area contributed by atoms with Gasteiger partial charge in [-0.15, -0.1) is 0 Å². The molecular weight excluding hydrogens is 556 g/mol. The van der Waals surface area contributed by atoms with Gasteiger partial charge < -0.3 is 14.7 Å². The predicted molar refractivity (Wildman–Crippen MR) is 167 cm³/mol. The quantitative estimate of drug-likeness (QED) is 0.398. The van der Waals surface area contributed by atoms with Gasteiger partial charge in [0.05, 0.1) is 23.1 Å². The van der Waals surface area contributed by atoms with Crippen LogP contribution in [0.2, 0.25) is 5.02 Å². The monoisotopic (exact) mass is 598 g/mol. The van der Waals surface area contributed by atoms with E-state index >= 15 is 0 Å². The fraction of sp³-hybridized carbons (Fsp3) is 0.545. The number of hydrogen-bond donors (Lipinski definition) is 2. The second-order valence-electron chi connectivity index (χ2n) is 12.4. The topological polar surface area (TPSA) is 78.9 Å². The second kappa shape index (κ2) is 12.5. The Morgan fingerprint density at radius 3 is 2.71 bits per heavy atom. The highest BCUT2D eigenvalue weighted by Crippen LogP contribution is 2.45. The van der Waals surface area contributed by atoms with Crippen LogP contribution in [0.3, 0.4) is 0 Å². The van der Waals surface area contributed by atoms with E-state index in [-0.39, 0.29) is 28.9 Å². The first-order valence-electron chi connectivity index (χ1n) is 15.0. The second-order valence-corrected chi connectivity index (χ2v) is 14.4. The highest BCUT2D eigenvalue weighted by atomic mass is 35.5. The van der Waals surface area contributed by atoms with Crippen LogP contribution in [0.15, 0.2) is 48.6 Å². The Balaban J connectivity index is 1.54. The lowest BCUT2D eigenvalue weighted by Crippen LogP contribution is -2.48. The summed E-state index contributed by atoms with van der Waals surface area (Å²) in [5.74, 6) is 1.01. The van der Waals surface area contributed by atoms with Crippen LogP contribution in [0.25, 0.3) is 0 Å². The van der Waals surface area contributed by atoms with E-state index in [1.54, 1.807) is 6.07 Å². The number of allylic oxidation sites excluding steroid dienone is 1. The zero-order chi connectivity index (χ0) is 29.3. The first kappa shape index (κ1) is 30.1. The third-order valence-electron chi connectivity index (χ3n) is 9.43. The lowest BCUT2D eigenvalue weighted by atomic mass is 9.65. The van der Waals surface area contributed by atoms with Gasteiger partial charge in [0.25, 0.3) is 5.91 Å². The molecule has 0 saturated heterocycles. The van der Waals surface area contributed by atoms with E-state index in [1.807, 2.05) is 51.1 Å². The van der Waals surface area contributed by atoms with E-state index in [0.717, 1.165) is 55.2 Å². The number of halogens is 1. The van der Waals surface area contributed by atoms with Crippen molar-refractivity contribution in [3.8, 4) is 5.75 Å². The number of hydrogen-bond acceptors (Lipinski definition) is 5. The van der Waals surface area contributed by atoms with Crippen molar-refractivity contribution in [3.63, 3.8) is 0 Å². The van der Waals surface area contributed by atoms with Crippen LogP contribution in [0.5, 0.6) is 5.75 Å². The summed E-state index contributed by atoms with van der Waals surface area (Å²) in [6.07, 6.45) is 8.62. The number of aliphatic hydroxyl groups is 1. The Morgan fingerprint density at radius 2 is 1.98 bits per heavy atom. The molecule has 1 amide bonds. The molecule has 0 aromatic heterocycles. The van der Waals surface area contributed by atoms with Gasteiger partial charge in [0, 0.05) is 29.6 Å². The molecule has 0 radical (unpaired) electrons.